The van der Waals surface area contributed by atoms with Crippen molar-refractivity contribution in [3.05, 3.63) is 29.3 Å². The summed E-state index contributed by atoms with van der Waals surface area (Å²) in [6.45, 7) is 5.05. The molecule has 0 unspecified atom stereocenters. The molecule has 1 atom stereocenters. The fourth-order valence-electron chi connectivity index (χ4n) is 3.23. The third-order valence-electron chi connectivity index (χ3n) is 4.52. The van der Waals surface area contributed by atoms with Gasteiger partial charge < -0.3 is 14.4 Å². The second kappa shape index (κ2) is 7.14. The van der Waals surface area contributed by atoms with Crippen LogP contribution < -0.4 is 4.74 Å². The molecule has 0 spiro atoms. The number of rotatable bonds is 4. The molecular formula is C18H25NO3. The third kappa shape index (κ3) is 3.43. The molecule has 0 bridgehead atoms. The van der Waals surface area contributed by atoms with Gasteiger partial charge in [0.25, 0.3) is 5.91 Å². The van der Waals surface area contributed by atoms with Gasteiger partial charge in [0.2, 0.25) is 0 Å². The highest BCUT2D eigenvalue weighted by Crippen LogP contribution is 2.26. The molecule has 1 aromatic rings. The van der Waals surface area contributed by atoms with Crippen molar-refractivity contribution >= 4 is 5.91 Å². The molecule has 0 N–H and O–H groups in total. The van der Waals surface area contributed by atoms with Crippen LogP contribution in [0.2, 0.25) is 0 Å². The van der Waals surface area contributed by atoms with Crippen LogP contribution in [0, 0.1) is 0 Å². The second-order valence-corrected chi connectivity index (χ2v) is 6.11. The van der Waals surface area contributed by atoms with Crippen LogP contribution in [0.15, 0.2) is 18.2 Å². The Morgan fingerprint density at radius 3 is 2.95 bits per heavy atom. The maximum absolute atomic E-state index is 12.8. The minimum atomic E-state index is 0.102. The summed E-state index contributed by atoms with van der Waals surface area (Å²) in [6.07, 6.45) is 5.61. The maximum Gasteiger partial charge on any atom is 0.253 e. The van der Waals surface area contributed by atoms with E-state index in [2.05, 4.69) is 0 Å². The van der Waals surface area contributed by atoms with Crippen LogP contribution in [0.5, 0.6) is 5.75 Å². The Balaban J connectivity index is 1.70. The van der Waals surface area contributed by atoms with Crippen LogP contribution in [-0.4, -0.2) is 43.2 Å². The average Bonchev–Trinajstić information content (AvgIpc) is 2.59. The number of ether oxygens (including phenoxy) is 2. The molecular weight excluding hydrogens is 278 g/mol. The van der Waals surface area contributed by atoms with Crippen LogP contribution in [0.3, 0.4) is 0 Å². The van der Waals surface area contributed by atoms with Gasteiger partial charge in [0.05, 0.1) is 12.7 Å². The SMILES string of the molecule is CCN(C[C@@H]1CCCCO1)C(=O)c1ccc2c(c1)CCCO2. The Bertz CT molecular complexity index is 523. The Morgan fingerprint density at radius 1 is 1.27 bits per heavy atom. The van der Waals surface area contributed by atoms with Crippen LogP contribution in [0.4, 0.5) is 0 Å². The van der Waals surface area contributed by atoms with Gasteiger partial charge in [-0.2, -0.15) is 0 Å². The smallest absolute Gasteiger partial charge is 0.253 e. The second-order valence-electron chi connectivity index (χ2n) is 6.11. The van der Waals surface area contributed by atoms with Crippen LogP contribution >= 0.6 is 0 Å². The van der Waals surface area contributed by atoms with Gasteiger partial charge in [-0.05, 0) is 62.8 Å². The summed E-state index contributed by atoms with van der Waals surface area (Å²) in [7, 11) is 0. The van der Waals surface area contributed by atoms with E-state index >= 15 is 0 Å². The quantitative estimate of drug-likeness (QED) is 0.858. The average molecular weight is 303 g/mol. The lowest BCUT2D eigenvalue weighted by atomic mass is 10.0. The molecule has 22 heavy (non-hydrogen) atoms. The van der Waals surface area contributed by atoms with E-state index in [1.807, 2.05) is 30.0 Å². The fraction of sp³-hybridized carbons (Fsp3) is 0.611. The summed E-state index contributed by atoms with van der Waals surface area (Å²) >= 11 is 0. The highest BCUT2D eigenvalue weighted by atomic mass is 16.5. The summed E-state index contributed by atoms with van der Waals surface area (Å²) in [5, 5.41) is 0. The lowest BCUT2D eigenvalue weighted by Gasteiger charge is -2.29. The van der Waals surface area contributed by atoms with Gasteiger partial charge in [0.15, 0.2) is 0 Å². The molecule has 1 aromatic carbocycles. The number of carbonyl (C=O) groups excluding carboxylic acids is 1. The highest BCUT2D eigenvalue weighted by molar-refractivity contribution is 5.94. The van der Waals surface area contributed by atoms with Crippen molar-refractivity contribution in [3.8, 4) is 5.75 Å². The lowest BCUT2D eigenvalue weighted by Crippen LogP contribution is -2.39. The largest absolute Gasteiger partial charge is 0.493 e. The molecule has 1 amide bonds. The van der Waals surface area contributed by atoms with Crippen molar-refractivity contribution in [1.29, 1.82) is 0 Å². The van der Waals surface area contributed by atoms with Crippen molar-refractivity contribution in [2.45, 2.75) is 45.1 Å². The monoisotopic (exact) mass is 303 g/mol. The van der Waals surface area contributed by atoms with E-state index in [0.717, 1.165) is 55.8 Å². The number of hydrogen-bond donors (Lipinski definition) is 0. The molecule has 0 aliphatic carbocycles. The minimum Gasteiger partial charge on any atom is -0.493 e. The zero-order valence-corrected chi connectivity index (χ0v) is 13.3. The number of carbonyl (C=O) groups is 1. The summed E-state index contributed by atoms with van der Waals surface area (Å²) < 4.78 is 11.4. The molecule has 0 saturated carbocycles. The molecule has 1 fully saturated rings. The first-order valence-corrected chi connectivity index (χ1v) is 8.44. The molecule has 2 aliphatic rings. The van der Waals surface area contributed by atoms with E-state index in [-0.39, 0.29) is 12.0 Å². The first-order chi connectivity index (χ1) is 10.8. The van der Waals surface area contributed by atoms with Crippen molar-refractivity contribution < 1.29 is 14.3 Å². The first-order valence-electron chi connectivity index (χ1n) is 8.44. The zero-order chi connectivity index (χ0) is 15.4. The van der Waals surface area contributed by atoms with Crippen molar-refractivity contribution in [3.63, 3.8) is 0 Å². The molecule has 2 aliphatic heterocycles. The molecule has 0 aromatic heterocycles. The highest BCUT2D eigenvalue weighted by Gasteiger charge is 2.22. The molecule has 2 heterocycles. The summed E-state index contributed by atoms with van der Waals surface area (Å²) in [6, 6.07) is 5.82. The van der Waals surface area contributed by atoms with E-state index in [4.69, 9.17) is 9.47 Å². The predicted octanol–water partition coefficient (Wildman–Crippen LogP) is 3.04. The number of aryl methyl sites for hydroxylation is 1. The molecule has 4 heteroatoms. The van der Waals surface area contributed by atoms with Gasteiger partial charge in [-0.3, -0.25) is 4.79 Å². The fourth-order valence-corrected chi connectivity index (χ4v) is 3.23. The van der Waals surface area contributed by atoms with Gasteiger partial charge in [0, 0.05) is 25.3 Å². The normalized spacial score (nSPS) is 20.9. The number of amides is 1. The van der Waals surface area contributed by atoms with Gasteiger partial charge in [0.1, 0.15) is 5.75 Å². The van der Waals surface area contributed by atoms with E-state index in [1.165, 1.54) is 6.42 Å². The maximum atomic E-state index is 12.8. The number of hydrogen-bond acceptors (Lipinski definition) is 3. The number of fused-ring (bicyclic) bond motifs is 1. The van der Waals surface area contributed by atoms with Crippen molar-refractivity contribution in [1.82, 2.24) is 4.90 Å². The Kier molecular flexibility index (Phi) is 4.98. The first kappa shape index (κ1) is 15.3. The Labute approximate surface area is 132 Å². The van der Waals surface area contributed by atoms with Crippen LogP contribution in [0.1, 0.15) is 48.5 Å². The van der Waals surface area contributed by atoms with E-state index in [0.29, 0.717) is 13.1 Å². The number of benzene rings is 1. The Hall–Kier alpha value is -1.55. The number of nitrogens with zero attached hydrogens (tertiary/aromatic N) is 1. The van der Waals surface area contributed by atoms with Gasteiger partial charge >= 0.3 is 0 Å². The third-order valence-corrected chi connectivity index (χ3v) is 4.52. The zero-order valence-electron chi connectivity index (χ0n) is 13.3. The number of likely N-dealkylation sites (N-methyl/N-ethyl adjacent to an activating group) is 1. The van der Waals surface area contributed by atoms with E-state index in [9.17, 15) is 4.79 Å². The van der Waals surface area contributed by atoms with Gasteiger partial charge in [-0.25, -0.2) is 0 Å². The van der Waals surface area contributed by atoms with Crippen molar-refractivity contribution in [2.24, 2.45) is 0 Å². The molecule has 1 saturated heterocycles. The van der Waals surface area contributed by atoms with Gasteiger partial charge in [-0.15, -0.1) is 0 Å². The lowest BCUT2D eigenvalue weighted by molar-refractivity contribution is -0.00311. The standard InChI is InChI=1S/C18H25NO3/c1-2-19(13-16-7-3-4-10-21-16)18(20)15-8-9-17-14(12-15)6-5-11-22-17/h8-9,12,16H,2-7,10-11,13H2,1H3/t16-/m0/s1. The predicted molar refractivity (Wildman–Crippen MR) is 85.4 cm³/mol. The van der Waals surface area contributed by atoms with E-state index in [1.54, 1.807) is 0 Å². The van der Waals surface area contributed by atoms with Gasteiger partial charge in [-0.1, -0.05) is 0 Å². The minimum absolute atomic E-state index is 0.102. The summed E-state index contributed by atoms with van der Waals surface area (Å²) in [5.41, 5.74) is 1.92. The molecule has 0 radical (unpaired) electrons. The van der Waals surface area contributed by atoms with Crippen molar-refractivity contribution in [2.75, 3.05) is 26.3 Å². The molecule has 120 valence electrons. The van der Waals surface area contributed by atoms with Crippen LogP contribution in [0.25, 0.3) is 0 Å². The topological polar surface area (TPSA) is 38.8 Å². The van der Waals surface area contributed by atoms with Crippen LogP contribution in [-0.2, 0) is 11.2 Å². The van der Waals surface area contributed by atoms with E-state index < -0.39 is 0 Å². The molecule has 4 nitrogen and oxygen atoms in total. The Morgan fingerprint density at radius 2 is 2.18 bits per heavy atom. The summed E-state index contributed by atoms with van der Waals surface area (Å²) in [5.74, 6) is 1.03. The molecule has 3 rings (SSSR count). The summed E-state index contributed by atoms with van der Waals surface area (Å²) in [4.78, 5) is 14.7.